The molecule has 0 spiro atoms. The van der Waals surface area contributed by atoms with Crippen LogP contribution >= 0.6 is 8.03 Å². The van der Waals surface area contributed by atoms with Crippen LogP contribution in [0, 0.1) is 0 Å². The predicted octanol–water partition coefficient (Wildman–Crippen LogP) is 2.72. The summed E-state index contributed by atoms with van der Waals surface area (Å²) in [6.45, 7) is 0. The van der Waals surface area contributed by atoms with Crippen molar-refractivity contribution in [3.8, 4) is 16.9 Å². The first-order valence-corrected chi connectivity index (χ1v) is 6.33. The smallest absolute Gasteiger partial charge is 0.497 e. The van der Waals surface area contributed by atoms with Crippen molar-refractivity contribution >= 4 is 13.3 Å². The Hall–Kier alpha value is -1.70. The fourth-order valence-electron chi connectivity index (χ4n) is 1.68. The van der Waals surface area contributed by atoms with Gasteiger partial charge in [-0.15, -0.1) is 0 Å². The molecule has 2 aromatic carbocycles. The van der Waals surface area contributed by atoms with Crippen LogP contribution in [-0.2, 0) is 4.57 Å². The zero-order chi connectivity index (χ0) is 12.3. The molecule has 4 heteroatoms. The molecule has 0 aliphatic heterocycles. The zero-order valence-corrected chi connectivity index (χ0v) is 10.2. The molecule has 3 nitrogen and oxygen atoms in total. The highest BCUT2D eigenvalue weighted by Crippen LogP contribution is 2.27. The third kappa shape index (κ3) is 2.52. The van der Waals surface area contributed by atoms with Crippen molar-refractivity contribution in [3.63, 3.8) is 0 Å². The number of benzene rings is 2. The molecule has 0 saturated heterocycles. The summed E-state index contributed by atoms with van der Waals surface area (Å²) in [6.07, 6.45) is 0. The Morgan fingerprint density at radius 3 is 2.59 bits per heavy atom. The van der Waals surface area contributed by atoms with E-state index in [2.05, 4.69) is 0 Å². The normalized spacial score (nSPS) is 11.1. The fraction of sp³-hybridized carbons (Fsp3) is 0.0769. The molecule has 0 radical (unpaired) electrons. The van der Waals surface area contributed by atoms with Crippen molar-refractivity contribution in [2.75, 3.05) is 7.11 Å². The zero-order valence-electron chi connectivity index (χ0n) is 9.33. The van der Waals surface area contributed by atoms with Crippen LogP contribution in [0.4, 0.5) is 0 Å². The van der Waals surface area contributed by atoms with Gasteiger partial charge in [0.15, 0.2) is 0 Å². The number of methoxy groups -OCH3 is 1. The molecule has 1 N–H and O–H groups in total. The van der Waals surface area contributed by atoms with Crippen LogP contribution in [0.25, 0.3) is 11.1 Å². The van der Waals surface area contributed by atoms with Crippen LogP contribution in [0.2, 0.25) is 0 Å². The molecule has 1 unspecified atom stereocenters. The van der Waals surface area contributed by atoms with E-state index in [-0.39, 0.29) is 0 Å². The third-order valence-corrected chi connectivity index (χ3v) is 3.29. The number of rotatable bonds is 3. The van der Waals surface area contributed by atoms with Crippen molar-refractivity contribution in [1.82, 2.24) is 0 Å². The van der Waals surface area contributed by atoms with Crippen molar-refractivity contribution in [2.24, 2.45) is 0 Å². The van der Waals surface area contributed by atoms with Crippen LogP contribution in [0.1, 0.15) is 0 Å². The summed E-state index contributed by atoms with van der Waals surface area (Å²) in [4.78, 5) is 9.27. The lowest BCUT2D eigenvalue weighted by atomic mass is 10.1. The van der Waals surface area contributed by atoms with Gasteiger partial charge in [-0.3, -0.25) is 0 Å². The molecule has 0 amide bonds. The average Bonchev–Trinajstić information content (AvgIpc) is 2.39. The Morgan fingerprint density at radius 1 is 1.12 bits per heavy atom. The number of ether oxygens (including phenoxy) is 1. The minimum atomic E-state index is -2.34. The molecule has 2 aromatic rings. The van der Waals surface area contributed by atoms with Gasteiger partial charge in [0.1, 0.15) is 5.75 Å². The molecule has 0 aromatic heterocycles. The largest absolute Gasteiger partial charge is 0.546 e. The van der Waals surface area contributed by atoms with Gasteiger partial charge in [-0.05, 0) is 34.4 Å². The number of hydrogen-bond acceptors (Lipinski definition) is 2. The van der Waals surface area contributed by atoms with Gasteiger partial charge in [0.2, 0.25) is 5.30 Å². The lowest BCUT2D eigenvalue weighted by Crippen LogP contribution is -2.00. The van der Waals surface area contributed by atoms with Crippen LogP contribution in [0.15, 0.2) is 48.5 Å². The first-order valence-electron chi connectivity index (χ1n) is 5.12. The van der Waals surface area contributed by atoms with E-state index in [1.54, 1.807) is 19.2 Å². The van der Waals surface area contributed by atoms with Gasteiger partial charge < -0.3 is 4.74 Å². The summed E-state index contributed by atoms with van der Waals surface area (Å²) in [6, 6.07) is 14.5. The standard InChI is InChI=1S/C13H11O3P/c1-16-11-6-4-5-10(9-11)12-7-2-3-8-13(12)17(14)15/h2-9H,1H3/p+1. The highest BCUT2D eigenvalue weighted by Gasteiger charge is 2.21. The van der Waals surface area contributed by atoms with Crippen molar-refractivity contribution < 1.29 is 14.2 Å². The molecule has 2 rings (SSSR count). The van der Waals surface area contributed by atoms with Crippen LogP contribution in [0.3, 0.4) is 0 Å². The molecule has 0 saturated carbocycles. The summed E-state index contributed by atoms with van der Waals surface area (Å²) in [5, 5.41) is 0.441. The molecule has 1 atom stereocenters. The first kappa shape index (κ1) is 11.8. The van der Waals surface area contributed by atoms with Crippen LogP contribution in [0.5, 0.6) is 5.75 Å². The summed E-state index contributed by atoms with van der Waals surface area (Å²) in [5.41, 5.74) is 1.63. The second-order valence-corrected chi connectivity index (χ2v) is 4.55. The molecule has 0 aliphatic carbocycles. The van der Waals surface area contributed by atoms with Crippen molar-refractivity contribution in [1.29, 1.82) is 0 Å². The summed E-state index contributed by atoms with van der Waals surface area (Å²) >= 11 is 0. The van der Waals surface area contributed by atoms with E-state index in [1.807, 2.05) is 36.4 Å². The Balaban J connectivity index is 2.56. The Bertz CT molecular complexity index is 552. The van der Waals surface area contributed by atoms with E-state index >= 15 is 0 Å². The molecule has 0 aliphatic rings. The second kappa shape index (κ2) is 5.09. The van der Waals surface area contributed by atoms with E-state index in [0.717, 1.165) is 16.9 Å². The van der Waals surface area contributed by atoms with E-state index in [9.17, 15) is 9.46 Å². The Kier molecular flexibility index (Phi) is 3.52. The Morgan fingerprint density at radius 2 is 1.88 bits per heavy atom. The van der Waals surface area contributed by atoms with E-state index < -0.39 is 8.03 Å². The second-order valence-electron chi connectivity index (χ2n) is 3.52. The predicted molar refractivity (Wildman–Crippen MR) is 67.9 cm³/mol. The van der Waals surface area contributed by atoms with Gasteiger partial charge in [-0.25, -0.2) is 0 Å². The van der Waals surface area contributed by atoms with Gasteiger partial charge in [0.05, 0.1) is 7.11 Å². The van der Waals surface area contributed by atoms with Gasteiger partial charge in [-0.2, -0.15) is 4.89 Å². The summed E-state index contributed by atoms with van der Waals surface area (Å²) < 4.78 is 16.4. The lowest BCUT2D eigenvalue weighted by Gasteiger charge is -2.04. The summed E-state index contributed by atoms with van der Waals surface area (Å²) in [5.74, 6) is 0.727. The van der Waals surface area contributed by atoms with Crippen molar-refractivity contribution in [2.45, 2.75) is 0 Å². The maximum Gasteiger partial charge on any atom is 0.546 e. The fourth-order valence-corrected chi connectivity index (χ4v) is 2.30. The van der Waals surface area contributed by atoms with Crippen molar-refractivity contribution in [3.05, 3.63) is 48.5 Å². The molecule has 17 heavy (non-hydrogen) atoms. The van der Waals surface area contributed by atoms with Crippen LogP contribution < -0.4 is 10.0 Å². The molecule has 86 valence electrons. The first-order chi connectivity index (χ1) is 8.22. The van der Waals surface area contributed by atoms with Gasteiger partial charge >= 0.3 is 8.03 Å². The van der Waals surface area contributed by atoms with E-state index in [4.69, 9.17) is 4.74 Å². The Labute approximate surface area is 101 Å². The van der Waals surface area contributed by atoms with Gasteiger partial charge in [0, 0.05) is 5.56 Å². The average molecular weight is 247 g/mol. The highest BCUT2D eigenvalue weighted by atomic mass is 31.1. The van der Waals surface area contributed by atoms with E-state index in [0.29, 0.717) is 5.30 Å². The van der Waals surface area contributed by atoms with E-state index in [1.165, 1.54) is 0 Å². The molecule has 0 fully saturated rings. The molecular formula is C13H12O3P+. The lowest BCUT2D eigenvalue weighted by molar-refractivity contribution is 0.415. The molecular weight excluding hydrogens is 235 g/mol. The SMILES string of the molecule is COc1cccc(-c2ccccc2[P+](=O)O)c1. The molecule has 0 heterocycles. The molecule has 0 bridgehead atoms. The maximum atomic E-state index is 11.3. The monoisotopic (exact) mass is 247 g/mol. The van der Waals surface area contributed by atoms with Crippen LogP contribution in [-0.4, -0.2) is 12.0 Å². The maximum absolute atomic E-state index is 11.3. The quantitative estimate of drug-likeness (QED) is 0.848. The summed E-state index contributed by atoms with van der Waals surface area (Å²) in [7, 11) is -0.750. The van der Waals surface area contributed by atoms with Gasteiger partial charge in [0.25, 0.3) is 0 Å². The third-order valence-electron chi connectivity index (χ3n) is 2.49. The topological polar surface area (TPSA) is 46.5 Å². The minimum absolute atomic E-state index is 0.441. The minimum Gasteiger partial charge on any atom is -0.497 e. The highest BCUT2D eigenvalue weighted by molar-refractivity contribution is 7.47. The van der Waals surface area contributed by atoms with Gasteiger partial charge in [-0.1, -0.05) is 24.3 Å². The number of hydrogen-bond donors (Lipinski definition) is 1.